The Bertz CT molecular complexity index is 640. The summed E-state index contributed by atoms with van der Waals surface area (Å²) in [6, 6.07) is 4.21. The first-order valence-corrected chi connectivity index (χ1v) is 7.55. The van der Waals surface area contributed by atoms with Gasteiger partial charge in [0.25, 0.3) is 0 Å². The molecule has 8 heteroatoms. The minimum Gasteiger partial charge on any atom is -0.383 e. The van der Waals surface area contributed by atoms with Crippen molar-refractivity contribution in [2.24, 2.45) is 4.99 Å². The molecule has 0 saturated heterocycles. The molecule has 24 heavy (non-hydrogen) atoms. The van der Waals surface area contributed by atoms with E-state index in [0.29, 0.717) is 13.2 Å². The van der Waals surface area contributed by atoms with Crippen LogP contribution in [-0.2, 0) is 11.3 Å². The molecule has 2 N–H and O–H groups in total. The Balaban J connectivity index is 0.00000288. The number of hydrogen-bond donors (Lipinski definition) is 2. The van der Waals surface area contributed by atoms with Gasteiger partial charge < -0.3 is 15.4 Å². The van der Waals surface area contributed by atoms with Crippen LogP contribution in [0.5, 0.6) is 0 Å². The molecule has 0 bridgehead atoms. The molecule has 1 atom stereocenters. The van der Waals surface area contributed by atoms with Crippen molar-refractivity contribution in [3.63, 3.8) is 0 Å². The van der Waals surface area contributed by atoms with Gasteiger partial charge in [-0.2, -0.15) is 0 Å². The molecule has 2 rings (SSSR count). The monoisotopic (exact) mass is 444 g/mol. The molecule has 0 fully saturated rings. The highest BCUT2D eigenvalue weighted by Gasteiger charge is 2.05. The number of aryl methyl sites for hydroxylation is 1. The summed E-state index contributed by atoms with van der Waals surface area (Å²) in [5.74, 6) is 2.52. The molecule has 0 aromatic carbocycles. The number of pyridine rings is 1. The predicted molar refractivity (Wildman–Crippen MR) is 106 cm³/mol. The number of aromatic nitrogens is 3. The zero-order valence-corrected chi connectivity index (χ0v) is 16.8. The fourth-order valence-electron chi connectivity index (χ4n) is 2.19. The summed E-state index contributed by atoms with van der Waals surface area (Å²) in [6.07, 6.45) is 5.52. The number of methoxy groups -OCH3 is 1. The van der Waals surface area contributed by atoms with Crippen molar-refractivity contribution >= 4 is 29.9 Å². The first kappa shape index (κ1) is 20.4. The molecule has 0 spiro atoms. The molecule has 0 aliphatic heterocycles. The van der Waals surface area contributed by atoms with E-state index in [2.05, 4.69) is 25.6 Å². The third-order valence-corrected chi connectivity index (χ3v) is 3.37. The van der Waals surface area contributed by atoms with Gasteiger partial charge in [0, 0.05) is 45.3 Å². The van der Waals surface area contributed by atoms with E-state index < -0.39 is 0 Å². The van der Waals surface area contributed by atoms with Crippen LogP contribution >= 0.6 is 24.0 Å². The molecule has 0 aliphatic carbocycles. The molecule has 7 nitrogen and oxygen atoms in total. The van der Waals surface area contributed by atoms with E-state index >= 15 is 0 Å². The SMILES string of the molecule is CN=C(NCc1ccc(-n2ccnc2C)nc1)NC(C)COC.I. The minimum atomic E-state index is 0. The van der Waals surface area contributed by atoms with Crippen LogP contribution in [0.1, 0.15) is 18.3 Å². The molecular weight excluding hydrogens is 419 g/mol. The van der Waals surface area contributed by atoms with Crippen molar-refractivity contribution in [3.05, 3.63) is 42.1 Å². The van der Waals surface area contributed by atoms with Crippen molar-refractivity contribution in [1.29, 1.82) is 0 Å². The Morgan fingerprint density at radius 1 is 1.38 bits per heavy atom. The maximum atomic E-state index is 5.11. The summed E-state index contributed by atoms with van der Waals surface area (Å²) in [5, 5.41) is 6.52. The van der Waals surface area contributed by atoms with Crippen LogP contribution in [0.15, 0.2) is 35.7 Å². The lowest BCUT2D eigenvalue weighted by Crippen LogP contribution is -2.43. The van der Waals surface area contributed by atoms with Crippen LogP contribution in [0.4, 0.5) is 0 Å². The summed E-state index contributed by atoms with van der Waals surface area (Å²) >= 11 is 0. The summed E-state index contributed by atoms with van der Waals surface area (Å²) in [7, 11) is 3.43. The zero-order chi connectivity index (χ0) is 16.7. The lowest BCUT2D eigenvalue weighted by Gasteiger charge is -2.17. The lowest BCUT2D eigenvalue weighted by atomic mass is 10.3. The van der Waals surface area contributed by atoms with Gasteiger partial charge in [0.2, 0.25) is 0 Å². The highest BCUT2D eigenvalue weighted by Crippen LogP contribution is 2.08. The van der Waals surface area contributed by atoms with Crippen LogP contribution < -0.4 is 10.6 Å². The minimum absolute atomic E-state index is 0. The highest BCUT2D eigenvalue weighted by molar-refractivity contribution is 14.0. The number of ether oxygens (including phenoxy) is 1. The first-order chi connectivity index (χ1) is 11.1. The maximum Gasteiger partial charge on any atom is 0.191 e. The Kier molecular flexibility index (Phi) is 8.69. The van der Waals surface area contributed by atoms with E-state index in [1.54, 1.807) is 20.4 Å². The summed E-state index contributed by atoms with van der Waals surface area (Å²) < 4.78 is 7.06. The topological polar surface area (TPSA) is 76.4 Å². The van der Waals surface area contributed by atoms with E-state index in [4.69, 9.17) is 4.74 Å². The smallest absolute Gasteiger partial charge is 0.191 e. The second-order valence-electron chi connectivity index (χ2n) is 5.30. The van der Waals surface area contributed by atoms with Gasteiger partial charge in [-0.1, -0.05) is 6.07 Å². The fraction of sp³-hybridized carbons (Fsp3) is 0.438. The number of nitrogens with zero attached hydrogens (tertiary/aromatic N) is 4. The average Bonchev–Trinajstić information content (AvgIpc) is 2.98. The van der Waals surface area contributed by atoms with E-state index in [9.17, 15) is 0 Å². The molecule has 0 radical (unpaired) electrons. The number of aliphatic imine (C=N–C) groups is 1. The largest absolute Gasteiger partial charge is 0.383 e. The van der Waals surface area contributed by atoms with Gasteiger partial charge in [-0.3, -0.25) is 9.56 Å². The van der Waals surface area contributed by atoms with Gasteiger partial charge in [0.05, 0.1) is 6.61 Å². The summed E-state index contributed by atoms with van der Waals surface area (Å²) in [4.78, 5) is 12.9. The average molecular weight is 444 g/mol. The summed E-state index contributed by atoms with van der Waals surface area (Å²) in [5.41, 5.74) is 1.08. The fourth-order valence-corrected chi connectivity index (χ4v) is 2.19. The Labute approximate surface area is 160 Å². The lowest BCUT2D eigenvalue weighted by molar-refractivity contribution is 0.179. The molecule has 0 amide bonds. The van der Waals surface area contributed by atoms with Gasteiger partial charge in [-0.15, -0.1) is 24.0 Å². The molecule has 2 heterocycles. The van der Waals surface area contributed by atoms with Gasteiger partial charge in [0.1, 0.15) is 11.6 Å². The Morgan fingerprint density at radius 3 is 2.71 bits per heavy atom. The van der Waals surface area contributed by atoms with E-state index in [0.717, 1.165) is 23.2 Å². The van der Waals surface area contributed by atoms with Gasteiger partial charge in [-0.05, 0) is 25.5 Å². The molecule has 0 aliphatic rings. The Morgan fingerprint density at radius 2 is 2.17 bits per heavy atom. The van der Waals surface area contributed by atoms with Crippen molar-refractivity contribution in [2.75, 3.05) is 20.8 Å². The van der Waals surface area contributed by atoms with Gasteiger partial charge in [0.15, 0.2) is 5.96 Å². The second-order valence-corrected chi connectivity index (χ2v) is 5.30. The van der Waals surface area contributed by atoms with E-state index in [-0.39, 0.29) is 30.0 Å². The second kappa shape index (κ2) is 10.2. The molecule has 2 aromatic heterocycles. The van der Waals surface area contributed by atoms with Gasteiger partial charge in [-0.25, -0.2) is 9.97 Å². The van der Waals surface area contributed by atoms with Crippen molar-refractivity contribution < 1.29 is 4.74 Å². The van der Waals surface area contributed by atoms with Crippen LogP contribution in [0, 0.1) is 6.92 Å². The predicted octanol–water partition coefficient (Wildman–Crippen LogP) is 1.89. The maximum absolute atomic E-state index is 5.11. The number of hydrogen-bond acceptors (Lipinski definition) is 4. The van der Waals surface area contributed by atoms with E-state index in [1.165, 1.54) is 0 Å². The highest BCUT2D eigenvalue weighted by atomic mass is 127. The third kappa shape index (κ3) is 5.75. The van der Waals surface area contributed by atoms with Crippen molar-refractivity contribution in [1.82, 2.24) is 25.2 Å². The Hall–Kier alpha value is -1.68. The number of rotatable bonds is 6. The van der Waals surface area contributed by atoms with Gasteiger partial charge >= 0.3 is 0 Å². The molecule has 0 saturated carbocycles. The van der Waals surface area contributed by atoms with Crippen LogP contribution in [0.25, 0.3) is 5.82 Å². The standard InChI is InChI=1S/C16H24N6O.HI/c1-12(11-23-4)21-16(17-3)20-10-14-5-6-15(19-9-14)22-8-7-18-13(22)2;/h5-9,12H,10-11H2,1-4H3,(H2,17,20,21);1H. The van der Waals surface area contributed by atoms with Crippen LogP contribution in [0.2, 0.25) is 0 Å². The zero-order valence-electron chi connectivity index (χ0n) is 14.5. The molecular formula is C16H25IN6O. The summed E-state index contributed by atoms with van der Waals surface area (Å²) in [6.45, 7) is 5.27. The number of guanidine groups is 1. The quantitative estimate of drug-likeness (QED) is 0.405. The number of halogens is 1. The van der Waals surface area contributed by atoms with Crippen molar-refractivity contribution in [3.8, 4) is 5.82 Å². The molecule has 132 valence electrons. The number of imidazole rings is 1. The van der Waals surface area contributed by atoms with E-state index in [1.807, 2.05) is 42.9 Å². The van der Waals surface area contributed by atoms with Crippen LogP contribution in [-0.4, -0.2) is 47.3 Å². The first-order valence-electron chi connectivity index (χ1n) is 7.55. The van der Waals surface area contributed by atoms with Crippen LogP contribution in [0.3, 0.4) is 0 Å². The molecule has 1 unspecified atom stereocenters. The third-order valence-electron chi connectivity index (χ3n) is 3.37. The van der Waals surface area contributed by atoms with Crippen molar-refractivity contribution in [2.45, 2.75) is 26.4 Å². The number of nitrogens with one attached hydrogen (secondary N) is 2. The molecule has 2 aromatic rings. The normalized spacial score (nSPS) is 12.4.